The zero-order valence-corrected chi connectivity index (χ0v) is 11.4. The molecule has 0 aliphatic heterocycles. The minimum atomic E-state index is -0.387. The molecule has 1 heterocycles. The summed E-state index contributed by atoms with van der Waals surface area (Å²) in [5.41, 5.74) is 4.61. The third kappa shape index (κ3) is 2.46. The summed E-state index contributed by atoms with van der Waals surface area (Å²) in [5.74, 6) is 6.08. The zero-order chi connectivity index (χ0) is 14.8. The molecule has 0 spiro atoms. The van der Waals surface area contributed by atoms with E-state index in [1.807, 2.05) is 30.3 Å². The molecule has 2 aromatic carbocycles. The number of hydrazine groups is 1. The van der Waals surface area contributed by atoms with Gasteiger partial charge in [-0.1, -0.05) is 12.1 Å². The van der Waals surface area contributed by atoms with Crippen LogP contribution in [0, 0.1) is 0 Å². The van der Waals surface area contributed by atoms with Crippen LogP contribution in [0.5, 0.6) is 5.75 Å². The molecule has 1 aromatic heterocycles. The van der Waals surface area contributed by atoms with Gasteiger partial charge in [0.15, 0.2) is 0 Å². The second-order valence-corrected chi connectivity index (χ2v) is 4.57. The Hall–Kier alpha value is -2.79. The molecule has 0 saturated carbocycles. The van der Waals surface area contributed by atoms with Crippen molar-refractivity contribution in [1.29, 1.82) is 0 Å². The summed E-state index contributed by atoms with van der Waals surface area (Å²) in [6.07, 6.45) is 0. The summed E-state index contributed by atoms with van der Waals surface area (Å²) in [7, 11) is 1.60. The van der Waals surface area contributed by atoms with Gasteiger partial charge in [-0.3, -0.25) is 5.84 Å². The van der Waals surface area contributed by atoms with E-state index in [1.165, 1.54) is 0 Å². The standard InChI is InChI=1S/C16H14N2O3/c1-20-13-6-3-10(4-7-13)14-8-11-2-5-12(18-17)9-15(11)21-16(14)19/h2-9,18H,17H2,1H3. The highest BCUT2D eigenvalue weighted by atomic mass is 16.5. The predicted molar refractivity (Wildman–Crippen MR) is 82.3 cm³/mol. The maximum atomic E-state index is 12.1. The number of nitrogens with one attached hydrogen (secondary N) is 1. The van der Waals surface area contributed by atoms with Gasteiger partial charge in [0.05, 0.1) is 18.4 Å². The number of hydrogen-bond acceptors (Lipinski definition) is 5. The van der Waals surface area contributed by atoms with Gasteiger partial charge >= 0.3 is 5.63 Å². The lowest BCUT2D eigenvalue weighted by Crippen LogP contribution is -2.07. The first-order valence-corrected chi connectivity index (χ1v) is 6.40. The van der Waals surface area contributed by atoms with Crippen LogP contribution in [-0.2, 0) is 0 Å². The molecule has 3 N–H and O–H groups in total. The molecule has 0 amide bonds. The Kier molecular flexibility index (Phi) is 3.33. The first-order valence-electron chi connectivity index (χ1n) is 6.40. The van der Waals surface area contributed by atoms with Crippen molar-refractivity contribution < 1.29 is 9.15 Å². The molecule has 3 rings (SSSR count). The molecule has 5 nitrogen and oxygen atoms in total. The van der Waals surface area contributed by atoms with Crippen LogP contribution in [0.15, 0.2) is 57.7 Å². The molecule has 3 aromatic rings. The number of anilines is 1. The van der Waals surface area contributed by atoms with Crippen molar-refractivity contribution in [1.82, 2.24) is 0 Å². The minimum absolute atomic E-state index is 0.387. The van der Waals surface area contributed by atoms with Gasteiger partial charge in [-0.15, -0.1) is 0 Å². The Balaban J connectivity index is 2.14. The molecule has 0 saturated heterocycles. The van der Waals surface area contributed by atoms with Gasteiger partial charge in [-0.2, -0.15) is 0 Å². The molecule has 0 bridgehead atoms. The fourth-order valence-corrected chi connectivity index (χ4v) is 2.17. The molecule has 0 aliphatic rings. The third-order valence-corrected chi connectivity index (χ3v) is 3.30. The van der Waals surface area contributed by atoms with Gasteiger partial charge in [0.25, 0.3) is 0 Å². The summed E-state index contributed by atoms with van der Waals surface area (Å²) in [6.45, 7) is 0. The Bertz CT molecular complexity index is 838. The maximum absolute atomic E-state index is 12.1. The Morgan fingerprint density at radius 1 is 1.10 bits per heavy atom. The van der Waals surface area contributed by atoms with Crippen molar-refractivity contribution in [2.45, 2.75) is 0 Å². The number of nitrogens with two attached hydrogens (primary N) is 1. The molecule has 0 atom stereocenters. The Labute approximate surface area is 120 Å². The van der Waals surface area contributed by atoms with Crippen LogP contribution in [0.2, 0.25) is 0 Å². The second-order valence-electron chi connectivity index (χ2n) is 4.57. The van der Waals surface area contributed by atoms with Crippen molar-refractivity contribution in [3.8, 4) is 16.9 Å². The molecule has 0 unspecified atom stereocenters. The van der Waals surface area contributed by atoms with E-state index in [4.69, 9.17) is 15.0 Å². The second kappa shape index (κ2) is 5.30. The molecule has 106 valence electrons. The van der Waals surface area contributed by atoms with E-state index in [2.05, 4.69) is 5.43 Å². The van der Waals surface area contributed by atoms with Crippen LogP contribution in [-0.4, -0.2) is 7.11 Å². The van der Waals surface area contributed by atoms with Crippen LogP contribution in [0.1, 0.15) is 0 Å². The fourth-order valence-electron chi connectivity index (χ4n) is 2.17. The minimum Gasteiger partial charge on any atom is -0.497 e. The van der Waals surface area contributed by atoms with Gasteiger partial charge in [0.1, 0.15) is 11.3 Å². The van der Waals surface area contributed by atoms with Gasteiger partial charge in [-0.05, 0) is 35.9 Å². The third-order valence-electron chi connectivity index (χ3n) is 3.30. The summed E-state index contributed by atoms with van der Waals surface area (Å²) < 4.78 is 10.5. The first-order chi connectivity index (χ1) is 10.2. The lowest BCUT2D eigenvalue weighted by Gasteiger charge is -2.05. The van der Waals surface area contributed by atoms with Crippen molar-refractivity contribution in [3.05, 3.63) is 59.0 Å². The average molecular weight is 282 g/mol. The van der Waals surface area contributed by atoms with E-state index >= 15 is 0 Å². The van der Waals surface area contributed by atoms with Gasteiger partial charge in [-0.25, -0.2) is 4.79 Å². The SMILES string of the molecule is COc1ccc(-c2cc3ccc(NN)cc3oc2=O)cc1. The van der Waals surface area contributed by atoms with Crippen molar-refractivity contribution in [2.75, 3.05) is 12.5 Å². The number of rotatable bonds is 3. The lowest BCUT2D eigenvalue weighted by atomic mass is 10.1. The van der Waals surface area contributed by atoms with Crippen LogP contribution >= 0.6 is 0 Å². The maximum Gasteiger partial charge on any atom is 0.344 e. The number of nitrogen functional groups attached to an aromatic ring is 1. The fraction of sp³-hybridized carbons (Fsp3) is 0.0625. The summed E-state index contributed by atoms with van der Waals surface area (Å²) in [4.78, 5) is 12.1. The smallest absolute Gasteiger partial charge is 0.344 e. The highest BCUT2D eigenvalue weighted by Crippen LogP contribution is 2.24. The van der Waals surface area contributed by atoms with Crippen LogP contribution < -0.4 is 21.6 Å². The van der Waals surface area contributed by atoms with Crippen LogP contribution in [0.3, 0.4) is 0 Å². The number of ether oxygens (including phenoxy) is 1. The van der Waals surface area contributed by atoms with E-state index in [0.717, 1.165) is 16.7 Å². The molecule has 21 heavy (non-hydrogen) atoms. The first kappa shape index (κ1) is 13.2. The number of hydrogen-bond donors (Lipinski definition) is 2. The lowest BCUT2D eigenvalue weighted by molar-refractivity contribution is 0.415. The number of benzene rings is 2. The number of methoxy groups -OCH3 is 1. The Morgan fingerprint density at radius 2 is 1.86 bits per heavy atom. The average Bonchev–Trinajstić information content (AvgIpc) is 2.53. The van der Waals surface area contributed by atoms with E-state index in [1.54, 1.807) is 25.3 Å². The van der Waals surface area contributed by atoms with E-state index in [0.29, 0.717) is 16.8 Å². The summed E-state index contributed by atoms with van der Waals surface area (Å²) in [5, 5.41) is 0.833. The van der Waals surface area contributed by atoms with E-state index < -0.39 is 0 Å². The van der Waals surface area contributed by atoms with Crippen molar-refractivity contribution in [2.24, 2.45) is 5.84 Å². The quantitative estimate of drug-likeness (QED) is 0.439. The molecule has 0 radical (unpaired) electrons. The highest BCUT2D eigenvalue weighted by Gasteiger charge is 2.08. The summed E-state index contributed by atoms with van der Waals surface area (Å²) in [6, 6.07) is 14.4. The normalized spacial score (nSPS) is 10.6. The molecule has 0 aliphatic carbocycles. The Morgan fingerprint density at radius 3 is 2.52 bits per heavy atom. The topological polar surface area (TPSA) is 77.5 Å². The predicted octanol–water partition coefficient (Wildman–Crippen LogP) is 2.75. The zero-order valence-electron chi connectivity index (χ0n) is 11.4. The van der Waals surface area contributed by atoms with Crippen molar-refractivity contribution in [3.63, 3.8) is 0 Å². The largest absolute Gasteiger partial charge is 0.497 e. The van der Waals surface area contributed by atoms with E-state index in [-0.39, 0.29) is 5.63 Å². The molecular weight excluding hydrogens is 268 g/mol. The molecule has 0 fully saturated rings. The number of fused-ring (bicyclic) bond motifs is 1. The van der Waals surface area contributed by atoms with Crippen LogP contribution in [0.25, 0.3) is 22.1 Å². The molecule has 5 heteroatoms. The summed E-state index contributed by atoms with van der Waals surface area (Å²) >= 11 is 0. The monoisotopic (exact) mass is 282 g/mol. The van der Waals surface area contributed by atoms with Gasteiger partial charge < -0.3 is 14.6 Å². The highest BCUT2D eigenvalue weighted by molar-refractivity contribution is 5.84. The van der Waals surface area contributed by atoms with Gasteiger partial charge in [0.2, 0.25) is 0 Å². The van der Waals surface area contributed by atoms with Crippen molar-refractivity contribution >= 4 is 16.7 Å². The van der Waals surface area contributed by atoms with E-state index in [9.17, 15) is 4.79 Å². The molecular formula is C16H14N2O3. The van der Waals surface area contributed by atoms with Gasteiger partial charge in [0, 0.05) is 11.5 Å². The van der Waals surface area contributed by atoms with Crippen LogP contribution in [0.4, 0.5) is 5.69 Å².